The number of nitrogens with one attached hydrogen (secondary N) is 2. The van der Waals surface area contributed by atoms with E-state index in [0.717, 1.165) is 42.3 Å². The average Bonchev–Trinajstić information content (AvgIpc) is 3.17. The predicted octanol–water partition coefficient (Wildman–Crippen LogP) is 5.06. The fourth-order valence-electron chi connectivity index (χ4n) is 4.02. The lowest BCUT2D eigenvalue weighted by atomic mass is 10.1. The monoisotopic (exact) mass is 384 g/mol. The van der Waals surface area contributed by atoms with Gasteiger partial charge in [0.2, 0.25) is 0 Å². The van der Waals surface area contributed by atoms with Gasteiger partial charge < -0.3 is 19.9 Å². The van der Waals surface area contributed by atoms with E-state index >= 15 is 0 Å². The zero-order valence-corrected chi connectivity index (χ0v) is 16.5. The van der Waals surface area contributed by atoms with Crippen LogP contribution < -0.4 is 15.0 Å². The maximum atomic E-state index is 5.95. The van der Waals surface area contributed by atoms with Gasteiger partial charge in [0.25, 0.3) is 0 Å². The van der Waals surface area contributed by atoms with Crippen molar-refractivity contribution in [2.75, 3.05) is 29.9 Å². The number of para-hydroxylation sites is 1. The molecule has 0 saturated heterocycles. The van der Waals surface area contributed by atoms with Crippen LogP contribution in [-0.2, 0) is 6.42 Å². The summed E-state index contributed by atoms with van der Waals surface area (Å²) in [4.78, 5) is 9.92. The number of aryl methyl sites for hydroxylation is 1. The molecular formula is C24H24N4O. The Morgan fingerprint density at radius 2 is 2.00 bits per heavy atom. The standard InChI is InChI=1S/C24H24N4O/c1-17-3-2-4-21-18(16-26-24(17)21)9-12-28-13-14-29-23-15-20(5-6-22(23)28)27-19-7-10-25-11-8-19/h2-8,10-11,15-16,26H,9,12-14H2,1H3,(H,25,27). The first-order chi connectivity index (χ1) is 14.3. The summed E-state index contributed by atoms with van der Waals surface area (Å²) in [6.45, 7) is 4.73. The van der Waals surface area contributed by atoms with Gasteiger partial charge in [0.15, 0.2) is 0 Å². The number of ether oxygens (including phenoxy) is 1. The molecule has 5 heteroatoms. The molecule has 3 heterocycles. The summed E-state index contributed by atoms with van der Waals surface area (Å²) in [5, 5.41) is 4.74. The molecule has 0 unspecified atom stereocenters. The molecule has 0 amide bonds. The third kappa shape index (κ3) is 3.51. The number of aromatic amines is 1. The number of fused-ring (bicyclic) bond motifs is 2. The number of nitrogens with zero attached hydrogens (tertiary/aromatic N) is 2. The first kappa shape index (κ1) is 17.6. The highest BCUT2D eigenvalue weighted by Crippen LogP contribution is 2.35. The summed E-state index contributed by atoms with van der Waals surface area (Å²) in [6, 6.07) is 16.7. The molecule has 5 rings (SSSR count). The Balaban J connectivity index is 1.33. The highest BCUT2D eigenvalue weighted by molar-refractivity contribution is 5.86. The van der Waals surface area contributed by atoms with Gasteiger partial charge in [-0.15, -0.1) is 0 Å². The van der Waals surface area contributed by atoms with E-state index in [1.807, 2.05) is 12.1 Å². The SMILES string of the molecule is Cc1cccc2c(CCN3CCOc4cc(Nc5ccncc5)ccc43)c[nH]c12. The molecule has 0 aliphatic carbocycles. The predicted molar refractivity (Wildman–Crippen MR) is 118 cm³/mol. The Kier molecular flexibility index (Phi) is 4.56. The molecule has 0 spiro atoms. The molecule has 2 aromatic carbocycles. The van der Waals surface area contributed by atoms with Crippen LogP contribution in [0.2, 0.25) is 0 Å². The summed E-state index contributed by atoms with van der Waals surface area (Å²) in [5.74, 6) is 0.935. The highest BCUT2D eigenvalue weighted by atomic mass is 16.5. The number of rotatable bonds is 5. The van der Waals surface area contributed by atoms with Crippen LogP contribution in [0, 0.1) is 6.92 Å². The lowest BCUT2D eigenvalue weighted by Crippen LogP contribution is -2.34. The zero-order valence-electron chi connectivity index (χ0n) is 16.5. The molecule has 2 N–H and O–H groups in total. The maximum Gasteiger partial charge on any atom is 0.144 e. The smallest absolute Gasteiger partial charge is 0.144 e. The number of H-pyrrole nitrogens is 1. The van der Waals surface area contributed by atoms with Gasteiger partial charge in [-0.1, -0.05) is 18.2 Å². The van der Waals surface area contributed by atoms with Gasteiger partial charge in [0.05, 0.1) is 12.2 Å². The van der Waals surface area contributed by atoms with Crippen molar-refractivity contribution in [2.24, 2.45) is 0 Å². The van der Waals surface area contributed by atoms with Crippen molar-refractivity contribution >= 4 is 28.0 Å². The Morgan fingerprint density at radius 1 is 1.10 bits per heavy atom. The number of hydrogen-bond donors (Lipinski definition) is 2. The first-order valence-corrected chi connectivity index (χ1v) is 10.0. The quantitative estimate of drug-likeness (QED) is 0.505. The topological polar surface area (TPSA) is 53.2 Å². The van der Waals surface area contributed by atoms with E-state index in [0.29, 0.717) is 6.61 Å². The number of aromatic nitrogens is 2. The molecule has 0 radical (unpaired) electrons. The molecule has 0 atom stereocenters. The number of anilines is 3. The summed E-state index contributed by atoms with van der Waals surface area (Å²) in [6.07, 6.45) is 6.72. The van der Waals surface area contributed by atoms with E-state index < -0.39 is 0 Å². The molecule has 0 fully saturated rings. The summed E-state index contributed by atoms with van der Waals surface area (Å²) < 4.78 is 5.95. The van der Waals surface area contributed by atoms with Gasteiger partial charge in [-0.2, -0.15) is 0 Å². The van der Waals surface area contributed by atoms with Crippen LogP contribution in [0.1, 0.15) is 11.1 Å². The second-order valence-corrected chi connectivity index (χ2v) is 7.44. The van der Waals surface area contributed by atoms with Gasteiger partial charge in [-0.3, -0.25) is 4.98 Å². The van der Waals surface area contributed by atoms with E-state index in [1.54, 1.807) is 12.4 Å². The van der Waals surface area contributed by atoms with E-state index in [2.05, 4.69) is 69.7 Å². The largest absolute Gasteiger partial charge is 0.489 e. The minimum atomic E-state index is 0.707. The van der Waals surface area contributed by atoms with Crippen molar-refractivity contribution in [1.82, 2.24) is 9.97 Å². The zero-order chi connectivity index (χ0) is 19.6. The van der Waals surface area contributed by atoms with Crippen molar-refractivity contribution < 1.29 is 4.74 Å². The second-order valence-electron chi connectivity index (χ2n) is 7.44. The molecule has 2 aromatic heterocycles. The van der Waals surface area contributed by atoms with Crippen LogP contribution in [0.4, 0.5) is 17.1 Å². The number of benzene rings is 2. The molecule has 29 heavy (non-hydrogen) atoms. The highest BCUT2D eigenvalue weighted by Gasteiger charge is 2.19. The summed E-state index contributed by atoms with van der Waals surface area (Å²) >= 11 is 0. The van der Waals surface area contributed by atoms with Gasteiger partial charge >= 0.3 is 0 Å². The fourth-order valence-corrected chi connectivity index (χ4v) is 4.02. The lowest BCUT2D eigenvalue weighted by molar-refractivity contribution is 0.308. The van der Waals surface area contributed by atoms with Crippen LogP contribution >= 0.6 is 0 Å². The minimum absolute atomic E-state index is 0.707. The Hall–Kier alpha value is -3.47. The Bertz CT molecular complexity index is 1140. The average molecular weight is 384 g/mol. The first-order valence-electron chi connectivity index (χ1n) is 10.0. The molecule has 0 saturated carbocycles. The van der Waals surface area contributed by atoms with Gasteiger partial charge in [0.1, 0.15) is 12.4 Å². The van der Waals surface area contributed by atoms with Gasteiger partial charge in [-0.05, 0) is 48.7 Å². The molecular weight excluding hydrogens is 360 g/mol. The molecule has 4 aromatic rings. The fraction of sp³-hybridized carbons (Fsp3) is 0.208. The lowest BCUT2D eigenvalue weighted by Gasteiger charge is -2.31. The van der Waals surface area contributed by atoms with Crippen LogP contribution in [-0.4, -0.2) is 29.7 Å². The third-order valence-corrected chi connectivity index (χ3v) is 5.55. The van der Waals surface area contributed by atoms with Gasteiger partial charge in [-0.25, -0.2) is 0 Å². The molecule has 5 nitrogen and oxygen atoms in total. The second kappa shape index (κ2) is 7.51. The summed E-state index contributed by atoms with van der Waals surface area (Å²) in [7, 11) is 0. The van der Waals surface area contributed by atoms with E-state index in [4.69, 9.17) is 4.74 Å². The van der Waals surface area contributed by atoms with Crippen LogP contribution in [0.25, 0.3) is 10.9 Å². The third-order valence-electron chi connectivity index (χ3n) is 5.55. The normalized spacial score (nSPS) is 13.2. The van der Waals surface area contributed by atoms with Crippen molar-refractivity contribution in [3.8, 4) is 5.75 Å². The maximum absolute atomic E-state index is 5.95. The van der Waals surface area contributed by atoms with E-state index in [1.165, 1.54) is 22.0 Å². The Labute approximate surface area is 170 Å². The van der Waals surface area contributed by atoms with Crippen molar-refractivity contribution in [3.05, 3.63) is 78.2 Å². The van der Waals surface area contributed by atoms with E-state index in [9.17, 15) is 0 Å². The molecule has 146 valence electrons. The molecule has 0 bridgehead atoms. The number of hydrogen-bond acceptors (Lipinski definition) is 4. The van der Waals surface area contributed by atoms with Crippen LogP contribution in [0.5, 0.6) is 5.75 Å². The summed E-state index contributed by atoms with van der Waals surface area (Å²) in [5.41, 5.74) is 7.10. The molecule has 1 aliphatic heterocycles. The van der Waals surface area contributed by atoms with Crippen LogP contribution in [0.3, 0.4) is 0 Å². The van der Waals surface area contributed by atoms with Gasteiger partial charge in [0, 0.05) is 53.5 Å². The van der Waals surface area contributed by atoms with Crippen molar-refractivity contribution in [3.63, 3.8) is 0 Å². The van der Waals surface area contributed by atoms with Crippen molar-refractivity contribution in [1.29, 1.82) is 0 Å². The molecule has 1 aliphatic rings. The minimum Gasteiger partial charge on any atom is -0.489 e. The Morgan fingerprint density at radius 3 is 2.90 bits per heavy atom. The van der Waals surface area contributed by atoms with E-state index in [-0.39, 0.29) is 0 Å². The van der Waals surface area contributed by atoms with Crippen LogP contribution in [0.15, 0.2) is 67.1 Å². The number of pyridine rings is 1. The van der Waals surface area contributed by atoms with Crippen molar-refractivity contribution in [2.45, 2.75) is 13.3 Å².